The summed E-state index contributed by atoms with van der Waals surface area (Å²) in [6.07, 6.45) is 4.11. The van der Waals surface area contributed by atoms with Gasteiger partial charge in [0.1, 0.15) is 10.8 Å². The number of carboxylic acid groups (broad SMARTS) is 1. The Morgan fingerprint density at radius 3 is 2.65 bits per heavy atom. The molecular weight excluding hydrogens is 446 g/mol. The van der Waals surface area contributed by atoms with Gasteiger partial charge in [-0.05, 0) is 55.7 Å². The van der Waals surface area contributed by atoms with E-state index in [9.17, 15) is 9.90 Å². The summed E-state index contributed by atoms with van der Waals surface area (Å²) in [5.41, 5.74) is 4.90. The molecule has 3 aromatic heterocycles. The molecular formula is C26H23N5O2S. The molecule has 1 N–H and O–H groups in total. The van der Waals surface area contributed by atoms with Gasteiger partial charge in [0.05, 0.1) is 27.8 Å². The van der Waals surface area contributed by atoms with Crippen molar-refractivity contribution in [3.63, 3.8) is 0 Å². The Balaban J connectivity index is 1.59. The topological polar surface area (TPSA) is 83.6 Å². The second kappa shape index (κ2) is 8.22. The summed E-state index contributed by atoms with van der Waals surface area (Å²) in [7, 11) is 0. The van der Waals surface area contributed by atoms with E-state index in [0.29, 0.717) is 10.6 Å². The Morgan fingerprint density at radius 2 is 1.85 bits per heavy atom. The van der Waals surface area contributed by atoms with Crippen LogP contribution in [0.1, 0.15) is 35.5 Å². The fourth-order valence-corrected chi connectivity index (χ4v) is 5.66. The first kappa shape index (κ1) is 20.8. The van der Waals surface area contributed by atoms with Crippen LogP contribution in [0.15, 0.2) is 48.5 Å². The number of carboxylic acids is 1. The molecule has 1 fully saturated rings. The zero-order chi connectivity index (χ0) is 23.2. The molecule has 1 aliphatic rings. The molecule has 0 bridgehead atoms. The monoisotopic (exact) mass is 469 g/mol. The number of rotatable bonds is 5. The van der Waals surface area contributed by atoms with E-state index in [2.05, 4.69) is 17.0 Å². The SMILES string of the molecule is Cc1nn2c(nc(N3CCCC3)c3ccccc32)c1C=C(CC(=O)O)c1nc2ccccc2s1. The van der Waals surface area contributed by atoms with Crippen molar-refractivity contribution >= 4 is 61.5 Å². The molecule has 170 valence electrons. The number of carbonyl (C=O) groups is 1. The number of anilines is 1. The van der Waals surface area contributed by atoms with Gasteiger partial charge in [-0.2, -0.15) is 5.10 Å². The highest BCUT2D eigenvalue weighted by atomic mass is 32.1. The van der Waals surface area contributed by atoms with Crippen molar-refractivity contribution in [1.29, 1.82) is 0 Å². The summed E-state index contributed by atoms with van der Waals surface area (Å²) in [6, 6.07) is 16.1. The Morgan fingerprint density at radius 1 is 1.09 bits per heavy atom. The van der Waals surface area contributed by atoms with Crippen LogP contribution in [0.25, 0.3) is 38.4 Å². The second-order valence-corrected chi connectivity index (χ2v) is 9.64. The number of hydrogen-bond acceptors (Lipinski definition) is 6. The third kappa shape index (κ3) is 3.51. The van der Waals surface area contributed by atoms with E-state index in [-0.39, 0.29) is 6.42 Å². The summed E-state index contributed by atoms with van der Waals surface area (Å²) < 4.78 is 2.91. The van der Waals surface area contributed by atoms with Crippen molar-refractivity contribution in [1.82, 2.24) is 19.6 Å². The molecule has 0 atom stereocenters. The molecule has 7 nitrogen and oxygen atoms in total. The molecule has 34 heavy (non-hydrogen) atoms. The summed E-state index contributed by atoms with van der Waals surface area (Å²) in [4.78, 5) is 23.9. The lowest BCUT2D eigenvalue weighted by Gasteiger charge is -2.19. The Kier molecular flexibility index (Phi) is 5.03. The zero-order valence-electron chi connectivity index (χ0n) is 18.7. The molecule has 0 amide bonds. The third-order valence-electron chi connectivity index (χ3n) is 6.30. The standard InChI is InChI=1S/C26H23N5O2S/c1-16-19(14-17(15-23(32)33)26-27-20-9-3-5-11-22(20)34-26)25-28-24(30-12-6-7-13-30)18-8-2-4-10-21(18)31(25)29-16/h2-5,8-11,14H,6-7,12-13,15H2,1H3,(H,32,33). The van der Waals surface area contributed by atoms with Gasteiger partial charge in [-0.15, -0.1) is 11.3 Å². The van der Waals surface area contributed by atoms with E-state index in [0.717, 1.165) is 69.8 Å². The van der Waals surface area contributed by atoms with Crippen molar-refractivity contribution in [2.75, 3.05) is 18.0 Å². The van der Waals surface area contributed by atoms with E-state index < -0.39 is 5.97 Å². The summed E-state index contributed by atoms with van der Waals surface area (Å²) in [5, 5.41) is 16.2. The first-order valence-electron chi connectivity index (χ1n) is 11.4. The number of aromatic nitrogens is 4. The van der Waals surface area contributed by atoms with Gasteiger partial charge in [0.2, 0.25) is 0 Å². The minimum absolute atomic E-state index is 0.122. The fraction of sp³-hybridized carbons (Fsp3) is 0.231. The fourth-order valence-electron chi connectivity index (χ4n) is 4.68. The molecule has 1 saturated heterocycles. The van der Waals surface area contributed by atoms with Gasteiger partial charge in [-0.1, -0.05) is 24.3 Å². The summed E-state index contributed by atoms with van der Waals surface area (Å²) in [5.74, 6) is 0.0747. The second-order valence-electron chi connectivity index (χ2n) is 8.61. The van der Waals surface area contributed by atoms with Gasteiger partial charge in [-0.25, -0.2) is 14.5 Å². The van der Waals surface area contributed by atoms with Crippen molar-refractivity contribution in [2.24, 2.45) is 0 Å². The maximum Gasteiger partial charge on any atom is 0.307 e. The van der Waals surface area contributed by atoms with Gasteiger partial charge in [-0.3, -0.25) is 4.79 Å². The van der Waals surface area contributed by atoms with Crippen molar-refractivity contribution in [2.45, 2.75) is 26.2 Å². The first-order valence-corrected chi connectivity index (χ1v) is 12.2. The minimum atomic E-state index is -0.893. The highest BCUT2D eigenvalue weighted by Crippen LogP contribution is 2.34. The lowest BCUT2D eigenvalue weighted by Crippen LogP contribution is -2.20. The molecule has 0 spiro atoms. The van der Waals surface area contributed by atoms with Crippen LogP contribution < -0.4 is 4.90 Å². The van der Waals surface area contributed by atoms with Gasteiger partial charge in [0.25, 0.3) is 0 Å². The average Bonchev–Trinajstić information content (AvgIpc) is 3.57. The van der Waals surface area contributed by atoms with Crippen LogP contribution in [-0.4, -0.2) is 43.7 Å². The normalized spacial score (nSPS) is 14.6. The molecule has 6 rings (SSSR count). The van der Waals surface area contributed by atoms with Crippen molar-refractivity contribution in [3.8, 4) is 0 Å². The number of aliphatic carboxylic acids is 1. The van der Waals surface area contributed by atoms with Crippen LogP contribution in [0.4, 0.5) is 5.82 Å². The van der Waals surface area contributed by atoms with Gasteiger partial charge < -0.3 is 10.0 Å². The maximum absolute atomic E-state index is 11.8. The predicted molar refractivity (Wildman–Crippen MR) is 136 cm³/mol. The molecule has 5 aromatic rings. The van der Waals surface area contributed by atoms with E-state index in [1.54, 1.807) is 0 Å². The highest BCUT2D eigenvalue weighted by Gasteiger charge is 2.22. The van der Waals surface area contributed by atoms with E-state index in [1.807, 2.05) is 53.9 Å². The Bertz CT molecular complexity index is 1560. The maximum atomic E-state index is 11.8. The van der Waals surface area contributed by atoms with Crippen LogP contribution >= 0.6 is 11.3 Å². The molecule has 0 unspecified atom stereocenters. The summed E-state index contributed by atoms with van der Waals surface area (Å²) in [6.45, 7) is 3.92. The quantitative estimate of drug-likeness (QED) is 0.370. The molecule has 0 saturated carbocycles. The number of aryl methyl sites for hydroxylation is 1. The number of fused-ring (bicyclic) bond motifs is 4. The molecule has 4 heterocycles. The largest absolute Gasteiger partial charge is 0.481 e. The highest BCUT2D eigenvalue weighted by molar-refractivity contribution is 7.19. The van der Waals surface area contributed by atoms with Gasteiger partial charge >= 0.3 is 5.97 Å². The third-order valence-corrected chi connectivity index (χ3v) is 7.41. The predicted octanol–water partition coefficient (Wildman–Crippen LogP) is 5.42. The van der Waals surface area contributed by atoms with Crippen LogP contribution in [0.2, 0.25) is 0 Å². The number of nitrogens with zero attached hydrogens (tertiary/aromatic N) is 5. The van der Waals surface area contributed by atoms with E-state index in [4.69, 9.17) is 15.1 Å². The first-order chi connectivity index (χ1) is 16.6. The molecule has 8 heteroatoms. The van der Waals surface area contributed by atoms with Gasteiger partial charge in [0.15, 0.2) is 5.65 Å². The molecule has 0 aliphatic carbocycles. The zero-order valence-corrected chi connectivity index (χ0v) is 19.5. The molecule has 0 radical (unpaired) electrons. The van der Waals surface area contributed by atoms with Crippen LogP contribution in [0, 0.1) is 6.92 Å². The van der Waals surface area contributed by atoms with Crippen LogP contribution in [0.5, 0.6) is 0 Å². The number of thiazole rings is 1. The minimum Gasteiger partial charge on any atom is -0.481 e. The Hall–Kier alpha value is -3.78. The lowest BCUT2D eigenvalue weighted by molar-refractivity contribution is -0.135. The lowest BCUT2D eigenvalue weighted by atomic mass is 10.1. The molecule has 2 aromatic carbocycles. The van der Waals surface area contributed by atoms with E-state index in [1.165, 1.54) is 11.3 Å². The number of hydrogen-bond donors (Lipinski definition) is 1. The smallest absolute Gasteiger partial charge is 0.307 e. The average molecular weight is 470 g/mol. The van der Waals surface area contributed by atoms with Crippen LogP contribution in [-0.2, 0) is 4.79 Å². The van der Waals surface area contributed by atoms with Crippen LogP contribution in [0.3, 0.4) is 0 Å². The number of benzene rings is 2. The number of para-hydroxylation sites is 2. The molecule has 1 aliphatic heterocycles. The van der Waals surface area contributed by atoms with Crippen molar-refractivity contribution < 1.29 is 9.90 Å². The Labute approximate surface area is 200 Å². The van der Waals surface area contributed by atoms with E-state index >= 15 is 0 Å². The van der Waals surface area contributed by atoms with Gasteiger partial charge in [0, 0.05) is 24.0 Å². The summed E-state index contributed by atoms with van der Waals surface area (Å²) >= 11 is 1.51. The van der Waals surface area contributed by atoms with Crippen molar-refractivity contribution in [3.05, 3.63) is 64.8 Å².